The van der Waals surface area contributed by atoms with Gasteiger partial charge in [0.25, 0.3) is 0 Å². The quantitative estimate of drug-likeness (QED) is 0.172. The Kier molecular flexibility index (Phi) is 16.8. The smallest absolute Gasteiger partial charge is 0.323 e. The summed E-state index contributed by atoms with van der Waals surface area (Å²) >= 11 is 0. The number of nitrogens with zero attached hydrogens (tertiary/aromatic N) is 6. The highest BCUT2D eigenvalue weighted by molar-refractivity contribution is 5.87. The molecule has 0 aliphatic carbocycles. The Morgan fingerprint density at radius 2 is 1.13 bits per heavy atom. The van der Waals surface area contributed by atoms with Crippen LogP contribution >= 0.6 is 0 Å². The second-order valence-electron chi connectivity index (χ2n) is 12.2. The predicted octanol–water partition coefficient (Wildman–Crippen LogP) is -1.51. The molecule has 2 aliphatic heterocycles. The molecule has 0 atom stereocenters. The number of carbonyl (C=O) groups is 7. The lowest BCUT2D eigenvalue weighted by Gasteiger charge is -2.39. The van der Waals surface area contributed by atoms with Gasteiger partial charge in [-0.3, -0.25) is 48.4 Å². The van der Waals surface area contributed by atoms with Gasteiger partial charge in [-0.25, -0.2) is 0 Å². The van der Waals surface area contributed by atoms with Crippen LogP contribution in [0.15, 0.2) is 0 Å². The molecule has 0 aromatic heterocycles. The Morgan fingerprint density at radius 1 is 0.674 bits per heavy atom. The predicted molar refractivity (Wildman–Crippen MR) is 165 cm³/mol. The van der Waals surface area contributed by atoms with Crippen LogP contribution in [-0.4, -0.2) is 191 Å². The van der Waals surface area contributed by atoms with Gasteiger partial charge in [-0.05, 0) is 12.8 Å². The second-order valence-corrected chi connectivity index (χ2v) is 12.2. The monoisotopic (exact) mass is 654 g/mol. The van der Waals surface area contributed by atoms with Gasteiger partial charge in [0.15, 0.2) is 0 Å². The third-order valence-electron chi connectivity index (χ3n) is 8.45. The van der Waals surface area contributed by atoms with Gasteiger partial charge >= 0.3 is 17.9 Å². The maximum atomic E-state index is 13.4. The normalized spacial score (nSPS) is 18.8. The van der Waals surface area contributed by atoms with Gasteiger partial charge < -0.3 is 29.9 Å². The molecule has 16 heteroatoms. The fraction of sp³-hybridized carbons (Fsp3) is 0.767. The van der Waals surface area contributed by atoms with Crippen molar-refractivity contribution in [2.75, 3.05) is 98.2 Å². The van der Waals surface area contributed by atoms with E-state index >= 15 is 0 Å². The maximum Gasteiger partial charge on any atom is 0.323 e. The number of rotatable bonds is 15. The molecule has 2 aliphatic rings. The van der Waals surface area contributed by atoms with E-state index in [1.807, 2.05) is 9.80 Å². The largest absolute Gasteiger partial charge is 0.480 e. The lowest BCUT2D eigenvalue weighted by molar-refractivity contribution is -0.148. The first-order chi connectivity index (χ1) is 21.8. The molecule has 16 nitrogen and oxygen atoms in total. The van der Waals surface area contributed by atoms with E-state index < -0.39 is 30.4 Å². The van der Waals surface area contributed by atoms with Crippen LogP contribution in [0, 0.1) is 5.92 Å². The highest BCUT2D eigenvalue weighted by Crippen LogP contribution is 2.19. The number of aliphatic carboxylic acids is 3. The number of aldehydes is 1. The molecule has 3 N–H and O–H groups in total. The minimum atomic E-state index is -1.15. The number of hydrogen-bond acceptors (Lipinski definition) is 11. The molecule has 2 saturated heterocycles. The summed E-state index contributed by atoms with van der Waals surface area (Å²) in [5.41, 5.74) is 0. The first kappa shape index (κ1) is 38.7. The van der Waals surface area contributed by atoms with Gasteiger partial charge in [-0.15, -0.1) is 0 Å². The number of carboxylic acid groups (broad SMARTS) is 3. The van der Waals surface area contributed by atoms with Gasteiger partial charge in [0.05, 0.1) is 26.2 Å². The van der Waals surface area contributed by atoms with Crippen molar-refractivity contribution in [1.82, 2.24) is 29.4 Å². The van der Waals surface area contributed by atoms with Gasteiger partial charge in [-0.1, -0.05) is 13.8 Å². The van der Waals surface area contributed by atoms with Crippen molar-refractivity contribution in [2.24, 2.45) is 5.92 Å². The highest BCUT2D eigenvalue weighted by Gasteiger charge is 2.32. The summed E-state index contributed by atoms with van der Waals surface area (Å²) in [5.74, 6) is -3.97. The number of amides is 2. The topological polar surface area (TPSA) is 200 Å². The Bertz CT molecular complexity index is 1060. The van der Waals surface area contributed by atoms with E-state index in [1.54, 1.807) is 28.5 Å². The van der Waals surface area contributed by atoms with Crippen LogP contribution in [0.5, 0.6) is 0 Å². The number of carboxylic acids is 3. The molecule has 0 aromatic rings. The number of piperidine rings is 1. The molecule has 2 fully saturated rings. The Hall–Kier alpha value is -3.47. The zero-order valence-electron chi connectivity index (χ0n) is 27.0. The van der Waals surface area contributed by atoms with Crippen molar-refractivity contribution >= 4 is 41.8 Å². The number of carbonyl (C=O) groups excluding carboxylic acids is 4. The van der Waals surface area contributed by atoms with Crippen LogP contribution in [0.25, 0.3) is 0 Å². The van der Waals surface area contributed by atoms with E-state index in [4.69, 9.17) is 0 Å². The minimum absolute atomic E-state index is 0.0501. The summed E-state index contributed by atoms with van der Waals surface area (Å²) in [6.45, 7) is 6.49. The van der Waals surface area contributed by atoms with Crippen LogP contribution in [0.3, 0.4) is 0 Å². The molecule has 0 radical (unpaired) electrons. The summed E-state index contributed by atoms with van der Waals surface area (Å²) in [7, 11) is 0. The van der Waals surface area contributed by atoms with Crippen LogP contribution < -0.4 is 0 Å². The summed E-state index contributed by atoms with van der Waals surface area (Å²) < 4.78 is 0. The van der Waals surface area contributed by atoms with Crippen molar-refractivity contribution in [3.8, 4) is 0 Å². The lowest BCUT2D eigenvalue weighted by atomic mass is 10.0. The molecular formula is C30H50N6O10. The SMILES string of the molecule is CC(C)C(=O)CCC(=O)N(CC(=O)O)C1CCN(C(=O)CN2CCN(CC=O)CCN(CC(=O)O)CCN(CC(=O)O)CC2)CC1. The number of ketones is 1. The van der Waals surface area contributed by atoms with Crippen molar-refractivity contribution in [1.29, 1.82) is 0 Å². The molecular weight excluding hydrogens is 604 g/mol. The minimum Gasteiger partial charge on any atom is -0.480 e. The summed E-state index contributed by atoms with van der Waals surface area (Å²) in [6.07, 6.45) is 1.57. The average molecular weight is 655 g/mol. The number of Topliss-reactive ketones (excluding diaryl/α,β-unsaturated/α-hetero) is 1. The molecule has 46 heavy (non-hydrogen) atoms. The van der Waals surface area contributed by atoms with E-state index in [1.165, 1.54) is 4.90 Å². The zero-order chi connectivity index (χ0) is 34.2. The molecule has 2 heterocycles. The maximum absolute atomic E-state index is 13.4. The van der Waals surface area contributed by atoms with E-state index in [-0.39, 0.29) is 62.7 Å². The Morgan fingerprint density at radius 3 is 1.54 bits per heavy atom. The van der Waals surface area contributed by atoms with Crippen LogP contribution in [0.1, 0.15) is 39.5 Å². The van der Waals surface area contributed by atoms with Gasteiger partial charge in [-0.2, -0.15) is 0 Å². The molecule has 260 valence electrons. The summed E-state index contributed by atoms with van der Waals surface area (Å²) in [6, 6.07) is -0.370. The van der Waals surface area contributed by atoms with Gasteiger partial charge in [0, 0.05) is 90.2 Å². The average Bonchev–Trinajstić information content (AvgIpc) is 2.99. The third kappa shape index (κ3) is 14.3. The summed E-state index contributed by atoms with van der Waals surface area (Å²) in [5, 5.41) is 28.1. The second kappa shape index (κ2) is 19.9. The fourth-order valence-electron chi connectivity index (χ4n) is 5.67. The molecule has 2 amide bonds. The number of hydrogen-bond donors (Lipinski definition) is 3. The molecule has 0 unspecified atom stereocenters. The zero-order valence-corrected chi connectivity index (χ0v) is 27.0. The molecule has 0 saturated carbocycles. The third-order valence-corrected chi connectivity index (χ3v) is 8.45. The fourth-order valence-corrected chi connectivity index (χ4v) is 5.67. The lowest BCUT2D eigenvalue weighted by Crippen LogP contribution is -2.53. The molecule has 0 spiro atoms. The first-order valence-electron chi connectivity index (χ1n) is 15.9. The van der Waals surface area contributed by atoms with Crippen LogP contribution in [-0.2, 0) is 33.6 Å². The molecule has 0 bridgehead atoms. The standard InChI is InChI=1S/C30H50N6O10/c1-23(2)25(38)3-4-26(39)36(22-30(45)46)24-5-7-35(8-6-24)27(40)19-32-11-9-31(17-18-37)10-12-33(20-28(41)42)15-16-34(14-13-32)21-29(43)44/h18,23-24H,3-17,19-22H2,1-2H3,(H,41,42)(H,43,44)(H,45,46). The Balaban J connectivity index is 2.05. The first-order valence-corrected chi connectivity index (χ1v) is 15.9. The summed E-state index contributed by atoms with van der Waals surface area (Å²) in [4.78, 5) is 94.3. The molecule has 2 rings (SSSR count). The van der Waals surface area contributed by atoms with Crippen molar-refractivity contribution in [3.63, 3.8) is 0 Å². The van der Waals surface area contributed by atoms with Crippen molar-refractivity contribution in [3.05, 3.63) is 0 Å². The van der Waals surface area contributed by atoms with E-state index in [9.17, 15) is 48.9 Å². The van der Waals surface area contributed by atoms with E-state index in [2.05, 4.69) is 0 Å². The van der Waals surface area contributed by atoms with Crippen molar-refractivity contribution in [2.45, 2.75) is 45.6 Å². The molecule has 0 aromatic carbocycles. The van der Waals surface area contributed by atoms with E-state index in [0.29, 0.717) is 78.3 Å². The number of likely N-dealkylation sites (tertiary alicyclic amines) is 1. The van der Waals surface area contributed by atoms with Gasteiger partial charge in [0.1, 0.15) is 18.6 Å². The van der Waals surface area contributed by atoms with Crippen LogP contribution in [0.4, 0.5) is 0 Å². The highest BCUT2D eigenvalue weighted by atomic mass is 16.4. The van der Waals surface area contributed by atoms with Crippen molar-refractivity contribution < 1.29 is 48.9 Å². The van der Waals surface area contributed by atoms with Gasteiger partial charge in [0.2, 0.25) is 11.8 Å². The van der Waals surface area contributed by atoms with E-state index in [0.717, 1.165) is 6.29 Å². The van der Waals surface area contributed by atoms with Crippen LogP contribution in [0.2, 0.25) is 0 Å². The Labute approximate surface area is 269 Å².